The van der Waals surface area contributed by atoms with Gasteiger partial charge in [-0.2, -0.15) is 0 Å². The maximum absolute atomic E-state index is 12.2. The van der Waals surface area contributed by atoms with Crippen molar-refractivity contribution in [2.75, 3.05) is 6.61 Å². The molecule has 1 fully saturated rings. The van der Waals surface area contributed by atoms with Gasteiger partial charge in [-0.15, -0.1) is 0 Å². The topological polar surface area (TPSA) is 49.3 Å². The van der Waals surface area contributed by atoms with E-state index in [9.17, 15) is 9.90 Å². The molecule has 1 aliphatic carbocycles. The SMILES string of the molecule is Cc1ccccc1C=CC(=O)NC1(CO)CCCC(C)C1. The molecule has 2 rings (SSSR count). The van der Waals surface area contributed by atoms with E-state index in [2.05, 4.69) is 12.2 Å². The number of benzene rings is 1. The van der Waals surface area contributed by atoms with Gasteiger partial charge in [0.15, 0.2) is 0 Å². The van der Waals surface area contributed by atoms with Crippen LogP contribution in [-0.4, -0.2) is 23.2 Å². The molecular formula is C18H25NO2. The zero-order chi connectivity index (χ0) is 15.3. The fourth-order valence-electron chi connectivity index (χ4n) is 3.20. The van der Waals surface area contributed by atoms with Crippen molar-refractivity contribution in [1.29, 1.82) is 0 Å². The van der Waals surface area contributed by atoms with Crippen molar-refractivity contribution >= 4 is 12.0 Å². The Hall–Kier alpha value is -1.61. The Kier molecular flexibility index (Phi) is 5.18. The van der Waals surface area contributed by atoms with Gasteiger partial charge in [0, 0.05) is 6.08 Å². The summed E-state index contributed by atoms with van der Waals surface area (Å²) < 4.78 is 0. The zero-order valence-corrected chi connectivity index (χ0v) is 12.9. The fourth-order valence-corrected chi connectivity index (χ4v) is 3.20. The molecule has 0 radical (unpaired) electrons. The second-order valence-electron chi connectivity index (χ2n) is 6.32. The highest BCUT2D eigenvalue weighted by Gasteiger charge is 2.35. The van der Waals surface area contributed by atoms with Crippen LogP contribution in [0.25, 0.3) is 6.08 Å². The summed E-state index contributed by atoms with van der Waals surface area (Å²) in [6, 6.07) is 7.96. The van der Waals surface area contributed by atoms with Crippen molar-refractivity contribution in [3.05, 3.63) is 41.5 Å². The van der Waals surface area contributed by atoms with Gasteiger partial charge >= 0.3 is 0 Å². The van der Waals surface area contributed by atoms with Gasteiger partial charge in [-0.05, 0) is 42.9 Å². The van der Waals surface area contributed by atoms with E-state index in [0.717, 1.165) is 30.4 Å². The molecule has 3 heteroatoms. The highest BCUT2D eigenvalue weighted by atomic mass is 16.3. The van der Waals surface area contributed by atoms with Crippen LogP contribution in [0.5, 0.6) is 0 Å². The third-order valence-electron chi connectivity index (χ3n) is 4.39. The van der Waals surface area contributed by atoms with Crippen LogP contribution in [0.4, 0.5) is 0 Å². The van der Waals surface area contributed by atoms with Gasteiger partial charge in [-0.1, -0.05) is 44.0 Å². The number of aryl methyl sites for hydroxylation is 1. The minimum Gasteiger partial charge on any atom is -0.394 e. The molecule has 114 valence electrons. The lowest BCUT2D eigenvalue weighted by Gasteiger charge is -2.39. The van der Waals surface area contributed by atoms with Gasteiger partial charge in [0.05, 0.1) is 12.1 Å². The molecule has 21 heavy (non-hydrogen) atoms. The van der Waals surface area contributed by atoms with Crippen molar-refractivity contribution in [3.63, 3.8) is 0 Å². The third-order valence-corrected chi connectivity index (χ3v) is 4.39. The van der Waals surface area contributed by atoms with Gasteiger partial charge in [0.2, 0.25) is 5.91 Å². The van der Waals surface area contributed by atoms with Crippen molar-refractivity contribution in [2.45, 2.75) is 45.1 Å². The summed E-state index contributed by atoms with van der Waals surface area (Å²) in [4.78, 5) is 12.2. The van der Waals surface area contributed by atoms with Crippen LogP contribution in [0.2, 0.25) is 0 Å². The van der Waals surface area contributed by atoms with Crippen molar-refractivity contribution in [1.82, 2.24) is 5.32 Å². The van der Waals surface area contributed by atoms with E-state index in [-0.39, 0.29) is 12.5 Å². The highest BCUT2D eigenvalue weighted by Crippen LogP contribution is 2.31. The molecule has 2 unspecified atom stereocenters. The normalized spacial score (nSPS) is 26.0. The van der Waals surface area contributed by atoms with Crippen LogP contribution in [0.15, 0.2) is 30.3 Å². The average molecular weight is 287 g/mol. The molecule has 0 spiro atoms. The molecule has 0 aromatic heterocycles. The molecule has 2 atom stereocenters. The molecule has 2 N–H and O–H groups in total. The third kappa shape index (κ3) is 4.18. The molecule has 0 heterocycles. The summed E-state index contributed by atoms with van der Waals surface area (Å²) in [5.74, 6) is 0.424. The van der Waals surface area contributed by atoms with E-state index in [1.165, 1.54) is 6.42 Å². The number of nitrogens with one attached hydrogen (secondary N) is 1. The zero-order valence-electron chi connectivity index (χ0n) is 12.9. The van der Waals surface area contributed by atoms with Gasteiger partial charge in [0.25, 0.3) is 0 Å². The van der Waals surface area contributed by atoms with Crippen molar-refractivity contribution in [3.8, 4) is 0 Å². The van der Waals surface area contributed by atoms with Crippen LogP contribution in [-0.2, 0) is 4.79 Å². The molecule has 0 bridgehead atoms. The molecular weight excluding hydrogens is 262 g/mol. The number of rotatable bonds is 4. The highest BCUT2D eigenvalue weighted by molar-refractivity contribution is 5.92. The van der Waals surface area contributed by atoms with Gasteiger partial charge in [0.1, 0.15) is 0 Å². The first kappa shape index (κ1) is 15.8. The Morgan fingerprint density at radius 2 is 2.24 bits per heavy atom. The Labute approximate surface area is 127 Å². The predicted molar refractivity (Wildman–Crippen MR) is 85.8 cm³/mol. The van der Waals surface area contributed by atoms with Gasteiger partial charge in [-0.3, -0.25) is 4.79 Å². The Morgan fingerprint density at radius 1 is 1.48 bits per heavy atom. The number of aliphatic hydroxyl groups excluding tert-OH is 1. The number of hydrogen-bond donors (Lipinski definition) is 2. The van der Waals surface area contributed by atoms with Gasteiger partial charge < -0.3 is 10.4 Å². The minimum atomic E-state index is -0.440. The summed E-state index contributed by atoms with van der Waals surface area (Å²) in [6.07, 6.45) is 7.35. The molecule has 1 aromatic rings. The standard InChI is InChI=1S/C18H25NO2/c1-14-6-5-11-18(12-14,13-20)19-17(21)10-9-16-8-4-3-7-15(16)2/h3-4,7-10,14,20H,5-6,11-13H2,1-2H3,(H,19,21). The lowest BCUT2D eigenvalue weighted by atomic mass is 9.77. The lowest BCUT2D eigenvalue weighted by Crippen LogP contribution is -2.53. The Bertz CT molecular complexity index is 524. The first-order valence-corrected chi connectivity index (χ1v) is 7.71. The monoisotopic (exact) mass is 287 g/mol. The molecule has 3 nitrogen and oxygen atoms in total. The van der Waals surface area contributed by atoms with Crippen LogP contribution < -0.4 is 5.32 Å². The number of aliphatic hydroxyl groups is 1. The van der Waals surface area contributed by atoms with Crippen LogP contribution in [0.1, 0.15) is 43.7 Å². The predicted octanol–water partition coefficient (Wildman–Crippen LogP) is 3.07. The average Bonchev–Trinajstić information content (AvgIpc) is 2.46. The van der Waals surface area contributed by atoms with Crippen molar-refractivity contribution < 1.29 is 9.90 Å². The maximum Gasteiger partial charge on any atom is 0.244 e. The molecule has 1 saturated carbocycles. The summed E-state index contributed by atoms with van der Waals surface area (Å²) in [6.45, 7) is 4.22. The second-order valence-corrected chi connectivity index (χ2v) is 6.32. The van der Waals surface area contributed by atoms with Gasteiger partial charge in [-0.25, -0.2) is 0 Å². The molecule has 1 aromatic carbocycles. The maximum atomic E-state index is 12.2. The summed E-state index contributed by atoms with van der Waals surface area (Å²) >= 11 is 0. The molecule has 0 saturated heterocycles. The second kappa shape index (κ2) is 6.90. The fraction of sp³-hybridized carbons (Fsp3) is 0.500. The smallest absolute Gasteiger partial charge is 0.244 e. The number of hydrogen-bond acceptors (Lipinski definition) is 2. The molecule has 1 amide bonds. The van der Waals surface area contributed by atoms with Crippen LogP contribution in [0.3, 0.4) is 0 Å². The summed E-state index contributed by atoms with van der Waals surface area (Å²) in [7, 11) is 0. The Balaban J connectivity index is 2.02. The number of carbonyl (C=O) groups excluding carboxylic acids is 1. The van der Waals surface area contributed by atoms with E-state index < -0.39 is 5.54 Å². The minimum absolute atomic E-state index is 0.0152. The summed E-state index contributed by atoms with van der Waals surface area (Å²) in [5.41, 5.74) is 1.75. The summed E-state index contributed by atoms with van der Waals surface area (Å²) in [5, 5.41) is 12.7. The molecule has 0 aliphatic heterocycles. The van der Waals surface area contributed by atoms with E-state index in [1.807, 2.05) is 37.3 Å². The van der Waals surface area contributed by atoms with Crippen LogP contribution >= 0.6 is 0 Å². The lowest BCUT2D eigenvalue weighted by molar-refractivity contribution is -0.119. The first-order chi connectivity index (χ1) is 10.0. The van der Waals surface area contributed by atoms with E-state index in [0.29, 0.717) is 5.92 Å². The van der Waals surface area contributed by atoms with E-state index >= 15 is 0 Å². The number of carbonyl (C=O) groups is 1. The Morgan fingerprint density at radius 3 is 2.90 bits per heavy atom. The van der Waals surface area contributed by atoms with Crippen LogP contribution in [0, 0.1) is 12.8 Å². The van der Waals surface area contributed by atoms with E-state index in [4.69, 9.17) is 0 Å². The van der Waals surface area contributed by atoms with Crippen molar-refractivity contribution in [2.24, 2.45) is 5.92 Å². The van der Waals surface area contributed by atoms with E-state index in [1.54, 1.807) is 6.08 Å². The first-order valence-electron chi connectivity index (χ1n) is 7.71. The quantitative estimate of drug-likeness (QED) is 0.836. The largest absolute Gasteiger partial charge is 0.394 e. The molecule has 1 aliphatic rings. The number of amides is 1.